The molecule has 0 radical (unpaired) electrons. The zero-order chi connectivity index (χ0) is 29.1. The van der Waals surface area contributed by atoms with E-state index in [1.54, 1.807) is 28.7 Å². The molecule has 2 aromatic rings. The summed E-state index contributed by atoms with van der Waals surface area (Å²) in [6.45, 7) is 8.66. The smallest absolute Gasteiger partial charge is 0.232 e. The summed E-state index contributed by atoms with van der Waals surface area (Å²) in [5, 5.41) is 0. The molecular formula is C36H49N3O2. The highest BCUT2D eigenvalue weighted by Gasteiger charge is 2.44. The molecule has 1 fully saturated rings. The number of methoxy groups -OCH3 is 1. The average molecular weight is 556 g/mol. The van der Waals surface area contributed by atoms with Crippen LogP contribution in [-0.4, -0.2) is 29.4 Å². The number of ether oxygens (including phenoxy) is 1. The molecule has 5 nitrogen and oxygen atoms in total. The van der Waals surface area contributed by atoms with Crippen LogP contribution in [0.2, 0.25) is 0 Å². The van der Waals surface area contributed by atoms with Crippen molar-refractivity contribution in [3.8, 4) is 0 Å². The van der Waals surface area contributed by atoms with Gasteiger partial charge in [-0.05, 0) is 104 Å². The Morgan fingerprint density at radius 3 is 2.44 bits per heavy atom. The molecule has 0 aromatic heterocycles. The van der Waals surface area contributed by atoms with Crippen molar-refractivity contribution < 1.29 is 9.53 Å². The van der Waals surface area contributed by atoms with Crippen LogP contribution in [0.15, 0.2) is 53.0 Å². The third-order valence-corrected chi connectivity index (χ3v) is 10.3. The summed E-state index contributed by atoms with van der Waals surface area (Å²) in [6.07, 6.45) is 11.8. The van der Waals surface area contributed by atoms with Gasteiger partial charge in [0.2, 0.25) is 5.91 Å². The number of amides is 1. The normalized spacial score (nSPS) is 24.2. The summed E-state index contributed by atoms with van der Waals surface area (Å²) in [4.78, 5) is 19.8. The van der Waals surface area contributed by atoms with Gasteiger partial charge in [0, 0.05) is 13.5 Å². The minimum atomic E-state index is -0.354. The molecule has 3 unspecified atom stereocenters. The van der Waals surface area contributed by atoms with Crippen LogP contribution >= 0.6 is 0 Å². The second kappa shape index (κ2) is 12.5. The van der Waals surface area contributed by atoms with Crippen LogP contribution in [-0.2, 0) is 16.0 Å². The lowest BCUT2D eigenvalue weighted by Crippen LogP contribution is -2.52. The van der Waals surface area contributed by atoms with E-state index < -0.39 is 0 Å². The maximum atomic E-state index is 13.2. The molecule has 220 valence electrons. The number of rotatable bonds is 7. The molecule has 1 aliphatic heterocycles. The third kappa shape index (κ3) is 5.75. The predicted octanol–water partition coefficient (Wildman–Crippen LogP) is 8.40. The van der Waals surface area contributed by atoms with Gasteiger partial charge in [-0.1, -0.05) is 69.2 Å². The quantitative estimate of drug-likeness (QED) is 0.373. The molecule has 1 amide bonds. The van der Waals surface area contributed by atoms with E-state index in [4.69, 9.17) is 15.5 Å². The van der Waals surface area contributed by atoms with Crippen LogP contribution in [0, 0.1) is 0 Å². The maximum absolute atomic E-state index is 13.2. The molecule has 0 spiro atoms. The highest BCUT2D eigenvalue weighted by atomic mass is 16.5. The van der Waals surface area contributed by atoms with Crippen molar-refractivity contribution in [1.29, 1.82) is 0 Å². The number of aryl methyl sites for hydroxylation is 1. The van der Waals surface area contributed by atoms with Crippen molar-refractivity contribution in [1.82, 2.24) is 4.90 Å². The monoisotopic (exact) mass is 555 g/mol. The molecule has 0 bridgehead atoms. The molecule has 5 heteroatoms. The summed E-state index contributed by atoms with van der Waals surface area (Å²) in [7, 11) is 1.74. The van der Waals surface area contributed by atoms with E-state index in [0.717, 1.165) is 36.3 Å². The molecule has 3 atom stereocenters. The Labute approximate surface area is 247 Å². The van der Waals surface area contributed by atoms with Gasteiger partial charge >= 0.3 is 0 Å². The number of benzene rings is 2. The van der Waals surface area contributed by atoms with Crippen molar-refractivity contribution in [2.24, 2.45) is 10.7 Å². The summed E-state index contributed by atoms with van der Waals surface area (Å²) in [5.41, 5.74) is 15.8. The highest BCUT2D eigenvalue weighted by molar-refractivity contribution is 5.99. The van der Waals surface area contributed by atoms with Crippen molar-refractivity contribution >= 4 is 17.4 Å². The van der Waals surface area contributed by atoms with Gasteiger partial charge < -0.3 is 10.5 Å². The molecule has 41 heavy (non-hydrogen) atoms. The Balaban J connectivity index is 0.000000234. The number of fused-ring (bicyclic) bond motifs is 2. The largest absolute Gasteiger partial charge is 0.377 e. The Hall–Kier alpha value is -2.92. The van der Waals surface area contributed by atoms with E-state index in [0.29, 0.717) is 12.4 Å². The van der Waals surface area contributed by atoms with Crippen molar-refractivity contribution in [2.75, 3.05) is 7.11 Å². The molecule has 1 heterocycles. The summed E-state index contributed by atoms with van der Waals surface area (Å²) >= 11 is 0. The Kier molecular flexibility index (Phi) is 9.03. The first-order chi connectivity index (χ1) is 19.8. The minimum Gasteiger partial charge on any atom is -0.377 e. The number of guanidine groups is 1. The van der Waals surface area contributed by atoms with Gasteiger partial charge in [-0.25, -0.2) is 4.99 Å². The van der Waals surface area contributed by atoms with Gasteiger partial charge in [0.15, 0.2) is 5.96 Å². The van der Waals surface area contributed by atoms with Crippen LogP contribution in [0.25, 0.3) is 5.57 Å². The summed E-state index contributed by atoms with van der Waals surface area (Å²) < 4.78 is 5.76. The zero-order valence-electron chi connectivity index (χ0n) is 25.8. The number of carbonyl (C=O) groups excluding carboxylic acids is 1. The van der Waals surface area contributed by atoms with Crippen LogP contribution in [0.5, 0.6) is 0 Å². The molecule has 2 N–H and O–H groups in total. The number of carbonyl (C=O) groups is 1. The van der Waals surface area contributed by atoms with Crippen LogP contribution in [0.4, 0.5) is 0 Å². The lowest BCUT2D eigenvalue weighted by atomic mass is 9.85. The first kappa shape index (κ1) is 29.6. The van der Waals surface area contributed by atoms with Crippen molar-refractivity contribution in [3.05, 3.63) is 75.9 Å². The number of hydrogen-bond acceptors (Lipinski definition) is 4. The first-order valence-electron chi connectivity index (χ1n) is 15.9. The number of aliphatic imine (C=N–C) groups is 1. The Morgan fingerprint density at radius 1 is 1.05 bits per heavy atom. The minimum absolute atomic E-state index is 0.0228. The average Bonchev–Trinajstić information content (AvgIpc) is 3.53. The SMILES string of the molecule is CCC1(CC)CC(=O)N(C2CC(OC)c3ccc(C(C)=C4CCC4)cc32)C(N)=N1.CCCC1CCc2ccccc21. The number of hydrogen-bond donors (Lipinski definition) is 1. The molecular weight excluding hydrogens is 506 g/mol. The van der Waals surface area contributed by atoms with Gasteiger partial charge in [-0.3, -0.25) is 9.69 Å². The van der Waals surface area contributed by atoms with E-state index >= 15 is 0 Å². The van der Waals surface area contributed by atoms with E-state index in [1.807, 2.05) is 0 Å². The van der Waals surface area contributed by atoms with Gasteiger partial charge in [-0.15, -0.1) is 0 Å². The molecule has 3 aliphatic carbocycles. The lowest BCUT2D eigenvalue weighted by molar-refractivity contribution is -0.131. The van der Waals surface area contributed by atoms with E-state index in [1.165, 1.54) is 56.1 Å². The molecule has 6 rings (SSSR count). The van der Waals surface area contributed by atoms with E-state index in [-0.39, 0.29) is 23.6 Å². The van der Waals surface area contributed by atoms with Crippen molar-refractivity contribution in [3.63, 3.8) is 0 Å². The molecule has 1 saturated carbocycles. The molecule has 4 aliphatic rings. The number of allylic oxidation sites excluding steroid dienone is 2. The lowest BCUT2D eigenvalue weighted by Gasteiger charge is -2.39. The molecule has 2 aromatic carbocycles. The highest BCUT2D eigenvalue weighted by Crippen LogP contribution is 2.47. The van der Waals surface area contributed by atoms with E-state index in [9.17, 15) is 4.79 Å². The zero-order valence-corrected chi connectivity index (χ0v) is 25.8. The van der Waals surface area contributed by atoms with Crippen LogP contribution in [0.1, 0.15) is 138 Å². The molecule has 0 saturated heterocycles. The Morgan fingerprint density at radius 2 is 1.80 bits per heavy atom. The van der Waals surface area contributed by atoms with Gasteiger partial charge in [-0.2, -0.15) is 0 Å². The summed E-state index contributed by atoms with van der Waals surface area (Å²) in [5.74, 6) is 1.30. The fraction of sp³-hybridized carbons (Fsp3) is 0.556. The Bertz CT molecular complexity index is 1310. The van der Waals surface area contributed by atoms with Gasteiger partial charge in [0.05, 0.1) is 24.1 Å². The van der Waals surface area contributed by atoms with Crippen molar-refractivity contribution in [2.45, 2.75) is 122 Å². The van der Waals surface area contributed by atoms with Gasteiger partial charge in [0.25, 0.3) is 0 Å². The van der Waals surface area contributed by atoms with Gasteiger partial charge in [0.1, 0.15) is 0 Å². The van der Waals surface area contributed by atoms with Crippen LogP contribution < -0.4 is 5.73 Å². The topological polar surface area (TPSA) is 67.9 Å². The maximum Gasteiger partial charge on any atom is 0.232 e. The number of nitrogens with two attached hydrogens (primary N) is 1. The van der Waals surface area contributed by atoms with Crippen LogP contribution in [0.3, 0.4) is 0 Å². The second-order valence-electron chi connectivity index (χ2n) is 12.5. The number of nitrogens with zero attached hydrogens (tertiary/aromatic N) is 2. The fourth-order valence-electron chi connectivity index (χ4n) is 7.36. The fourth-order valence-corrected chi connectivity index (χ4v) is 7.36. The third-order valence-electron chi connectivity index (χ3n) is 10.3. The van der Waals surface area contributed by atoms with E-state index in [2.05, 4.69) is 70.2 Å². The standard InChI is InChI=1S/C24H33N3O2.C12H16/c1-5-24(6-2)14-22(28)27(23(25)26-24)20-13-21(29-4)18-11-10-17(12-19(18)20)15(3)16-8-7-9-16;1-2-5-10-8-9-11-6-3-4-7-12(10)11/h10-12,20-21H,5-9,13-14H2,1-4H3,(H2,25,26);3-4,6-7,10H,2,5,8-9H2,1H3. The second-order valence-corrected chi connectivity index (χ2v) is 12.5. The first-order valence-corrected chi connectivity index (χ1v) is 15.9. The predicted molar refractivity (Wildman–Crippen MR) is 169 cm³/mol. The summed E-state index contributed by atoms with van der Waals surface area (Å²) in [6, 6.07) is 15.4.